The molecule has 0 heterocycles. The van der Waals surface area contributed by atoms with E-state index in [1.54, 1.807) is 12.1 Å². The highest BCUT2D eigenvalue weighted by Gasteiger charge is 2.11. The first kappa shape index (κ1) is 13.1. The average molecular weight is 257 g/mol. The first-order valence-electron chi connectivity index (χ1n) is 5.93. The zero-order valence-corrected chi connectivity index (χ0v) is 10.3. The molecule has 0 saturated heterocycles. The van der Waals surface area contributed by atoms with E-state index in [-0.39, 0.29) is 5.75 Å². The van der Waals surface area contributed by atoms with Crippen molar-refractivity contribution < 1.29 is 15.0 Å². The highest BCUT2D eigenvalue weighted by molar-refractivity contribution is 5.73. The number of hydrogen-bond donors (Lipinski definition) is 3. The number of carbonyl (C=O) groups is 1. The summed E-state index contributed by atoms with van der Waals surface area (Å²) in [4.78, 5) is 10.7. The number of nitrogens with two attached hydrogens (primary N) is 1. The molecule has 2 aromatic rings. The van der Waals surface area contributed by atoms with Gasteiger partial charge in [-0.2, -0.15) is 0 Å². The van der Waals surface area contributed by atoms with Gasteiger partial charge in [0.1, 0.15) is 11.8 Å². The maximum Gasteiger partial charge on any atom is 0.320 e. The maximum atomic E-state index is 10.7. The van der Waals surface area contributed by atoms with E-state index >= 15 is 0 Å². The van der Waals surface area contributed by atoms with Crippen molar-refractivity contribution >= 4 is 5.97 Å². The normalized spacial score (nSPS) is 12.1. The van der Waals surface area contributed by atoms with Gasteiger partial charge < -0.3 is 15.9 Å². The number of aliphatic carboxylic acids is 1. The van der Waals surface area contributed by atoms with Gasteiger partial charge in [0, 0.05) is 0 Å². The second-order valence-corrected chi connectivity index (χ2v) is 4.39. The number of rotatable bonds is 4. The van der Waals surface area contributed by atoms with E-state index < -0.39 is 12.0 Å². The van der Waals surface area contributed by atoms with E-state index in [9.17, 15) is 9.90 Å². The van der Waals surface area contributed by atoms with Crippen molar-refractivity contribution in [2.75, 3.05) is 0 Å². The molecule has 0 amide bonds. The number of phenolic OH excluding ortho intramolecular Hbond substituents is 1. The fourth-order valence-electron chi connectivity index (χ4n) is 1.83. The quantitative estimate of drug-likeness (QED) is 0.782. The van der Waals surface area contributed by atoms with E-state index in [1.165, 1.54) is 0 Å². The first-order valence-corrected chi connectivity index (χ1v) is 5.93. The van der Waals surface area contributed by atoms with Gasteiger partial charge in [-0.25, -0.2) is 0 Å². The van der Waals surface area contributed by atoms with Crippen molar-refractivity contribution in [1.29, 1.82) is 0 Å². The van der Waals surface area contributed by atoms with Crippen LogP contribution in [0.3, 0.4) is 0 Å². The molecule has 2 aromatic carbocycles. The second kappa shape index (κ2) is 5.54. The van der Waals surface area contributed by atoms with Gasteiger partial charge in [-0.1, -0.05) is 36.4 Å². The van der Waals surface area contributed by atoms with Gasteiger partial charge in [0.15, 0.2) is 0 Å². The van der Waals surface area contributed by atoms with E-state index in [2.05, 4.69) is 0 Å². The summed E-state index contributed by atoms with van der Waals surface area (Å²) < 4.78 is 0. The van der Waals surface area contributed by atoms with Gasteiger partial charge in [0.25, 0.3) is 0 Å². The molecule has 0 saturated carbocycles. The van der Waals surface area contributed by atoms with Gasteiger partial charge in [-0.05, 0) is 35.2 Å². The van der Waals surface area contributed by atoms with Crippen LogP contribution in [0.2, 0.25) is 0 Å². The number of aromatic hydroxyl groups is 1. The number of carboxylic acid groups (broad SMARTS) is 1. The minimum Gasteiger partial charge on any atom is -0.508 e. The zero-order valence-electron chi connectivity index (χ0n) is 10.3. The molecule has 4 nitrogen and oxygen atoms in total. The molecule has 0 aliphatic carbocycles. The molecule has 4 heteroatoms. The number of carboxylic acids is 1. The molecule has 1 atom stereocenters. The van der Waals surface area contributed by atoms with Crippen LogP contribution in [0.1, 0.15) is 5.56 Å². The third-order valence-electron chi connectivity index (χ3n) is 2.93. The Bertz CT molecular complexity index is 561. The fourth-order valence-corrected chi connectivity index (χ4v) is 1.83. The maximum absolute atomic E-state index is 10.7. The predicted molar refractivity (Wildman–Crippen MR) is 72.9 cm³/mol. The Hall–Kier alpha value is -2.33. The lowest BCUT2D eigenvalue weighted by Crippen LogP contribution is -2.32. The summed E-state index contributed by atoms with van der Waals surface area (Å²) in [6.45, 7) is 0. The molecule has 0 unspecified atom stereocenters. The molecule has 0 aromatic heterocycles. The Balaban J connectivity index is 2.14. The number of phenols is 1. The molecular weight excluding hydrogens is 242 g/mol. The van der Waals surface area contributed by atoms with E-state index in [0.717, 1.165) is 16.7 Å². The van der Waals surface area contributed by atoms with Crippen molar-refractivity contribution in [2.24, 2.45) is 5.73 Å². The standard InChI is InChI=1S/C15H15NO3/c16-14(15(18)19)9-10-1-3-11(4-2-10)12-5-7-13(17)8-6-12/h1-8,14,17H,9,16H2,(H,18,19)/t14-/m0/s1. The molecule has 0 bridgehead atoms. The van der Waals surface area contributed by atoms with Crippen molar-refractivity contribution in [3.8, 4) is 16.9 Å². The van der Waals surface area contributed by atoms with Crippen LogP contribution in [-0.2, 0) is 11.2 Å². The van der Waals surface area contributed by atoms with Crippen molar-refractivity contribution in [3.63, 3.8) is 0 Å². The van der Waals surface area contributed by atoms with Gasteiger partial charge in [-0.3, -0.25) is 4.79 Å². The van der Waals surface area contributed by atoms with Gasteiger partial charge >= 0.3 is 5.97 Å². The molecule has 19 heavy (non-hydrogen) atoms. The minimum atomic E-state index is -0.998. The van der Waals surface area contributed by atoms with Crippen LogP contribution in [0.4, 0.5) is 0 Å². The molecule has 0 fully saturated rings. The largest absolute Gasteiger partial charge is 0.508 e. The molecule has 2 rings (SSSR count). The molecular formula is C15H15NO3. The van der Waals surface area contributed by atoms with Crippen LogP contribution < -0.4 is 5.73 Å². The smallest absolute Gasteiger partial charge is 0.320 e. The van der Waals surface area contributed by atoms with E-state index in [0.29, 0.717) is 6.42 Å². The number of benzene rings is 2. The highest BCUT2D eigenvalue weighted by Crippen LogP contribution is 2.22. The summed E-state index contributed by atoms with van der Waals surface area (Å²) in [7, 11) is 0. The molecule has 0 radical (unpaired) electrons. The summed E-state index contributed by atoms with van der Waals surface area (Å²) in [5.41, 5.74) is 8.37. The second-order valence-electron chi connectivity index (χ2n) is 4.39. The van der Waals surface area contributed by atoms with Crippen LogP contribution in [0.5, 0.6) is 5.75 Å². The summed E-state index contributed by atoms with van der Waals surface area (Å²) in [5.74, 6) is -0.768. The summed E-state index contributed by atoms with van der Waals surface area (Å²) >= 11 is 0. The fraction of sp³-hybridized carbons (Fsp3) is 0.133. The first-order chi connectivity index (χ1) is 9.06. The van der Waals surface area contributed by atoms with Crippen molar-refractivity contribution in [3.05, 3.63) is 54.1 Å². The van der Waals surface area contributed by atoms with Gasteiger partial charge in [0.05, 0.1) is 0 Å². The summed E-state index contributed by atoms with van der Waals surface area (Å²) in [6, 6.07) is 13.6. The van der Waals surface area contributed by atoms with Crippen LogP contribution >= 0.6 is 0 Å². The predicted octanol–water partition coefficient (Wildman–Crippen LogP) is 2.01. The monoisotopic (exact) mass is 257 g/mol. The third-order valence-corrected chi connectivity index (χ3v) is 2.93. The Morgan fingerprint density at radius 3 is 1.95 bits per heavy atom. The third kappa shape index (κ3) is 3.33. The van der Waals surface area contributed by atoms with Crippen LogP contribution in [-0.4, -0.2) is 22.2 Å². The SMILES string of the molecule is N[C@@H](Cc1ccc(-c2ccc(O)cc2)cc1)C(=O)O. The van der Waals surface area contributed by atoms with E-state index in [4.69, 9.17) is 10.8 Å². The van der Waals surface area contributed by atoms with Crippen LogP contribution in [0, 0.1) is 0 Å². The average Bonchev–Trinajstić information content (AvgIpc) is 2.40. The Morgan fingerprint density at radius 2 is 1.47 bits per heavy atom. The lowest BCUT2D eigenvalue weighted by Gasteiger charge is -2.07. The Labute approximate surface area is 111 Å². The van der Waals surface area contributed by atoms with Crippen molar-refractivity contribution in [1.82, 2.24) is 0 Å². The summed E-state index contributed by atoms with van der Waals surface area (Å²) in [5, 5.41) is 18.0. The zero-order chi connectivity index (χ0) is 13.8. The molecule has 4 N–H and O–H groups in total. The minimum absolute atomic E-state index is 0.229. The highest BCUT2D eigenvalue weighted by atomic mass is 16.4. The molecule has 0 aliphatic heterocycles. The molecule has 0 aliphatic rings. The van der Waals surface area contributed by atoms with Gasteiger partial charge in [0.2, 0.25) is 0 Å². The summed E-state index contributed by atoms with van der Waals surface area (Å²) in [6.07, 6.45) is 0.311. The van der Waals surface area contributed by atoms with Crippen LogP contribution in [0.25, 0.3) is 11.1 Å². The Morgan fingerprint density at radius 1 is 1.00 bits per heavy atom. The topological polar surface area (TPSA) is 83.5 Å². The number of hydrogen-bond acceptors (Lipinski definition) is 3. The molecule has 98 valence electrons. The van der Waals surface area contributed by atoms with Crippen LogP contribution in [0.15, 0.2) is 48.5 Å². The van der Waals surface area contributed by atoms with Crippen molar-refractivity contribution in [2.45, 2.75) is 12.5 Å². The Kier molecular flexibility index (Phi) is 3.82. The molecule has 0 spiro atoms. The lowest BCUT2D eigenvalue weighted by atomic mass is 10.0. The van der Waals surface area contributed by atoms with E-state index in [1.807, 2.05) is 36.4 Å². The van der Waals surface area contributed by atoms with Gasteiger partial charge in [-0.15, -0.1) is 0 Å². The lowest BCUT2D eigenvalue weighted by molar-refractivity contribution is -0.138.